The molecular formula is C12H24N2O. The van der Waals surface area contributed by atoms with E-state index in [4.69, 9.17) is 0 Å². The molecule has 1 atom stereocenters. The van der Waals surface area contributed by atoms with Crippen molar-refractivity contribution >= 4 is 5.91 Å². The number of amides is 1. The highest BCUT2D eigenvalue weighted by Crippen LogP contribution is 2.50. The fourth-order valence-corrected chi connectivity index (χ4v) is 1.75. The van der Waals surface area contributed by atoms with Crippen LogP contribution >= 0.6 is 0 Å². The minimum absolute atomic E-state index is 0.0842. The first-order chi connectivity index (χ1) is 6.71. The highest BCUT2D eigenvalue weighted by Gasteiger charge is 2.44. The van der Waals surface area contributed by atoms with E-state index in [1.165, 1.54) is 6.42 Å². The van der Waals surface area contributed by atoms with E-state index in [9.17, 15) is 4.79 Å². The van der Waals surface area contributed by atoms with Gasteiger partial charge >= 0.3 is 0 Å². The van der Waals surface area contributed by atoms with Crippen LogP contribution in [0, 0.1) is 11.3 Å². The van der Waals surface area contributed by atoms with Gasteiger partial charge in [-0.2, -0.15) is 0 Å². The molecule has 1 aliphatic carbocycles. The van der Waals surface area contributed by atoms with Crippen LogP contribution in [0.4, 0.5) is 0 Å². The minimum Gasteiger partial charge on any atom is -0.350 e. The molecule has 88 valence electrons. The Balaban J connectivity index is 2.08. The van der Waals surface area contributed by atoms with Crippen LogP contribution in [0.1, 0.15) is 41.0 Å². The summed E-state index contributed by atoms with van der Waals surface area (Å²) in [6.45, 7) is 11.9. The van der Waals surface area contributed by atoms with Crippen molar-refractivity contribution < 1.29 is 4.79 Å². The van der Waals surface area contributed by atoms with E-state index in [0.29, 0.717) is 12.0 Å². The summed E-state index contributed by atoms with van der Waals surface area (Å²) < 4.78 is 0. The van der Waals surface area contributed by atoms with Gasteiger partial charge in [-0.25, -0.2) is 0 Å². The number of hydrogen-bond acceptors (Lipinski definition) is 2. The average Bonchev–Trinajstić information content (AvgIpc) is 2.54. The number of nitrogens with one attached hydrogen (secondary N) is 2. The molecule has 0 heterocycles. The molecule has 2 N–H and O–H groups in total. The lowest BCUT2D eigenvalue weighted by Crippen LogP contribution is -2.45. The molecule has 1 rings (SSSR count). The summed E-state index contributed by atoms with van der Waals surface area (Å²) in [5.74, 6) is 0.834. The van der Waals surface area contributed by atoms with Gasteiger partial charge in [-0.15, -0.1) is 0 Å². The Morgan fingerprint density at radius 3 is 2.33 bits per heavy atom. The molecule has 3 heteroatoms. The average molecular weight is 212 g/mol. The normalized spacial score (nSPS) is 23.7. The van der Waals surface area contributed by atoms with E-state index in [-0.39, 0.29) is 11.4 Å². The maximum Gasteiger partial charge on any atom is 0.234 e. The molecule has 0 aromatic heterocycles. The largest absolute Gasteiger partial charge is 0.350 e. The molecule has 1 unspecified atom stereocenters. The molecule has 1 aliphatic rings. The van der Waals surface area contributed by atoms with Crippen LogP contribution in [-0.4, -0.2) is 24.5 Å². The van der Waals surface area contributed by atoms with E-state index < -0.39 is 0 Å². The predicted octanol–water partition coefficient (Wildman–Crippen LogP) is 1.54. The Morgan fingerprint density at radius 1 is 1.40 bits per heavy atom. The van der Waals surface area contributed by atoms with Crippen molar-refractivity contribution in [3.63, 3.8) is 0 Å². The maximum atomic E-state index is 11.4. The zero-order valence-electron chi connectivity index (χ0n) is 10.6. The third-order valence-electron chi connectivity index (χ3n) is 2.91. The Hall–Kier alpha value is -0.570. The highest BCUT2D eigenvalue weighted by molar-refractivity contribution is 5.78. The van der Waals surface area contributed by atoms with Crippen LogP contribution in [0.15, 0.2) is 0 Å². The van der Waals surface area contributed by atoms with E-state index in [0.717, 1.165) is 12.5 Å². The Kier molecular flexibility index (Phi) is 3.44. The van der Waals surface area contributed by atoms with Gasteiger partial charge in [0, 0.05) is 5.54 Å². The predicted molar refractivity (Wildman–Crippen MR) is 62.7 cm³/mol. The fraction of sp³-hybridized carbons (Fsp3) is 0.917. The van der Waals surface area contributed by atoms with Crippen molar-refractivity contribution in [1.82, 2.24) is 10.6 Å². The van der Waals surface area contributed by atoms with Crippen LogP contribution in [0.5, 0.6) is 0 Å². The van der Waals surface area contributed by atoms with Crippen LogP contribution < -0.4 is 10.6 Å². The van der Waals surface area contributed by atoms with Crippen molar-refractivity contribution in [2.24, 2.45) is 11.3 Å². The monoisotopic (exact) mass is 212 g/mol. The standard InChI is InChI=1S/C12H24N2O/c1-11(2,3)14-10(15)8-13-7-9-6-12(9,4)5/h9,13H,6-8H2,1-5H3,(H,14,15). The van der Waals surface area contributed by atoms with Gasteiger partial charge in [0.15, 0.2) is 0 Å². The molecule has 0 bridgehead atoms. The van der Waals surface area contributed by atoms with Gasteiger partial charge in [-0.3, -0.25) is 4.79 Å². The fourth-order valence-electron chi connectivity index (χ4n) is 1.75. The maximum absolute atomic E-state index is 11.4. The van der Waals surface area contributed by atoms with E-state index in [1.54, 1.807) is 0 Å². The summed E-state index contributed by atoms with van der Waals surface area (Å²) in [5, 5.41) is 6.15. The number of hydrogen-bond donors (Lipinski definition) is 2. The van der Waals surface area contributed by atoms with Gasteiger partial charge in [0.25, 0.3) is 0 Å². The summed E-state index contributed by atoms with van der Waals surface area (Å²) >= 11 is 0. The zero-order chi connectivity index (χ0) is 11.7. The van der Waals surface area contributed by atoms with Crippen molar-refractivity contribution in [3.8, 4) is 0 Å². The molecule has 0 aliphatic heterocycles. The molecule has 3 nitrogen and oxygen atoms in total. The topological polar surface area (TPSA) is 41.1 Å². The molecule has 0 spiro atoms. The lowest BCUT2D eigenvalue weighted by atomic mass is 10.1. The molecule has 0 aromatic rings. The molecule has 15 heavy (non-hydrogen) atoms. The second kappa shape index (κ2) is 4.12. The van der Waals surface area contributed by atoms with Gasteiger partial charge < -0.3 is 10.6 Å². The summed E-state index contributed by atoms with van der Waals surface area (Å²) in [7, 11) is 0. The van der Waals surface area contributed by atoms with Crippen LogP contribution in [0.2, 0.25) is 0 Å². The smallest absolute Gasteiger partial charge is 0.234 e. The van der Waals surface area contributed by atoms with Crippen molar-refractivity contribution in [2.45, 2.75) is 46.6 Å². The van der Waals surface area contributed by atoms with Crippen LogP contribution in [0.25, 0.3) is 0 Å². The lowest BCUT2D eigenvalue weighted by molar-refractivity contribution is -0.121. The van der Waals surface area contributed by atoms with Crippen molar-refractivity contribution in [1.29, 1.82) is 0 Å². The molecule has 0 radical (unpaired) electrons. The molecule has 0 saturated heterocycles. The number of rotatable bonds is 4. The molecule has 0 aromatic carbocycles. The van der Waals surface area contributed by atoms with E-state index in [2.05, 4.69) is 24.5 Å². The van der Waals surface area contributed by atoms with Crippen molar-refractivity contribution in [2.75, 3.05) is 13.1 Å². The first kappa shape index (κ1) is 12.5. The summed E-state index contributed by atoms with van der Waals surface area (Å²) in [6.07, 6.45) is 1.28. The van der Waals surface area contributed by atoms with Gasteiger partial charge in [0.1, 0.15) is 0 Å². The molecule has 1 fully saturated rings. The highest BCUT2D eigenvalue weighted by atomic mass is 16.2. The first-order valence-electron chi connectivity index (χ1n) is 5.72. The Labute approximate surface area is 93.0 Å². The van der Waals surface area contributed by atoms with Crippen LogP contribution in [-0.2, 0) is 4.79 Å². The number of carbonyl (C=O) groups excluding carboxylic acids is 1. The van der Waals surface area contributed by atoms with E-state index >= 15 is 0 Å². The van der Waals surface area contributed by atoms with Gasteiger partial charge in [0.2, 0.25) is 5.91 Å². The van der Waals surface area contributed by atoms with Crippen LogP contribution in [0.3, 0.4) is 0 Å². The Bertz CT molecular complexity index is 240. The van der Waals surface area contributed by atoms with E-state index in [1.807, 2.05) is 20.8 Å². The molecular weight excluding hydrogens is 188 g/mol. The molecule has 1 saturated carbocycles. The number of carbonyl (C=O) groups is 1. The first-order valence-corrected chi connectivity index (χ1v) is 5.72. The summed E-state index contributed by atoms with van der Waals surface area (Å²) in [4.78, 5) is 11.4. The van der Waals surface area contributed by atoms with Gasteiger partial charge in [-0.05, 0) is 45.1 Å². The Morgan fingerprint density at radius 2 is 1.93 bits per heavy atom. The SMILES string of the molecule is CC(C)(C)NC(=O)CNCC1CC1(C)C. The quantitative estimate of drug-likeness (QED) is 0.742. The van der Waals surface area contributed by atoms with Crippen molar-refractivity contribution in [3.05, 3.63) is 0 Å². The third kappa shape index (κ3) is 4.65. The summed E-state index contributed by atoms with van der Waals surface area (Å²) in [6, 6.07) is 0. The lowest BCUT2D eigenvalue weighted by Gasteiger charge is -2.20. The second-order valence-electron chi connectivity index (χ2n) is 6.32. The summed E-state index contributed by atoms with van der Waals surface area (Å²) in [5.41, 5.74) is 0.366. The molecule has 1 amide bonds. The second-order valence-corrected chi connectivity index (χ2v) is 6.32. The minimum atomic E-state index is -0.127. The zero-order valence-corrected chi connectivity index (χ0v) is 10.6. The van der Waals surface area contributed by atoms with Gasteiger partial charge in [0.05, 0.1) is 6.54 Å². The van der Waals surface area contributed by atoms with Gasteiger partial charge in [-0.1, -0.05) is 13.8 Å². The third-order valence-corrected chi connectivity index (χ3v) is 2.91.